The third-order valence-corrected chi connectivity index (χ3v) is 4.63. The molecule has 1 spiro atoms. The van der Waals surface area contributed by atoms with Crippen molar-refractivity contribution in [1.29, 1.82) is 0 Å². The smallest absolute Gasteiger partial charge is 0.320 e. The summed E-state index contributed by atoms with van der Waals surface area (Å²) in [6.45, 7) is 6.06. The Kier molecular flexibility index (Phi) is 2.96. The molecular weight excluding hydrogens is 252 g/mol. The summed E-state index contributed by atoms with van der Waals surface area (Å²) in [4.78, 5) is 17.4. The van der Waals surface area contributed by atoms with Gasteiger partial charge in [0.1, 0.15) is 0 Å². The zero-order valence-electron chi connectivity index (χ0n) is 11.4. The molecule has 19 heavy (non-hydrogen) atoms. The Balaban J connectivity index is 1.51. The van der Waals surface area contributed by atoms with Gasteiger partial charge in [-0.1, -0.05) is 6.92 Å². The second-order valence-corrected chi connectivity index (χ2v) is 6.32. The molecule has 0 saturated carbocycles. The minimum absolute atomic E-state index is 0.204. The van der Waals surface area contributed by atoms with Gasteiger partial charge in [0.25, 0.3) is 5.92 Å². The SMILES string of the molecule is CCN1CCCC2(C1)CN(C(=O)N1CC(F)(F)C1)C2. The van der Waals surface area contributed by atoms with Gasteiger partial charge >= 0.3 is 6.03 Å². The third kappa shape index (κ3) is 2.30. The number of carbonyl (C=O) groups excluding carboxylic acids is 1. The molecule has 0 aromatic heterocycles. The molecule has 0 radical (unpaired) electrons. The van der Waals surface area contributed by atoms with Gasteiger partial charge < -0.3 is 14.7 Å². The van der Waals surface area contributed by atoms with Crippen molar-refractivity contribution >= 4 is 6.03 Å². The number of hydrogen-bond donors (Lipinski definition) is 0. The molecule has 108 valence electrons. The average molecular weight is 273 g/mol. The lowest BCUT2D eigenvalue weighted by atomic mass is 9.73. The number of halogens is 2. The van der Waals surface area contributed by atoms with E-state index in [4.69, 9.17) is 0 Å². The van der Waals surface area contributed by atoms with E-state index < -0.39 is 19.0 Å². The highest BCUT2D eigenvalue weighted by molar-refractivity contribution is 5.76. The van der Waals surface area contributed by atoms with E-state index in [9.17, 15) is 13.6 Å². The van der Waals surface area contributed by atoms with Crippen molar-refractivity contribution in [3.63, 3.8) is 0 Å². The lowest BCUT2D eigenvalue weighted by Gasteiger charge is -2.56. The zero-order chi connectivity index (χ0) is 13.7. The molecule has 3 heterocycles. The molecule has 0 aliphatic carbocycles. The van der Waals surface area contributed by atoms with Gasteiger partial charge in [-0.2, -0.15) is 0 Å². The fourth-order valence-corrected chi connectivity index (χ4v) is 3.58. The van der Waals surface area contributed by atoms with Crippen LogP contribution in [0, 0.1) is 5.41 Å². The molecule has 0 bridgehead atoms. The molecular formula is C13H21F2N3O. The van der Waals surface area contributed by atoms with Crippen LogP contribution in [0.15, 0.2) is 0 Å². The summed E-state index contributed by atoms with van der Waals surface area (Å²) in [5.74, 6) is -2.66. The summed E-state index contributed by atoms with van der Waals surface area (Å²) in [5, 5.41) is 0. The van der Waals surface area contributed by atoms with Crippen molar-refractivity contribution in [2.45, 2.75) is 25.7 Å². The molecule has 0 N–H and O–H groups in total. The van der Waals surface area contributed by atoms with Gasteiger partial charge in [-0.05, 0) is 25.9 Å². The van der Waals surface area contributed by atoms with E-state index in [1.54, 1.807) is 4.90 Å². The van der Waals surface area contributed by atoms with Crippen molar-refractivity contribution in [2.75, 3.05) is 45.8 Å². The van der Waals surface area contributed by atoms with E-state index >= 15 is 0 Å². The van der Waals surface area contributed by atoms with Crippen LogP contribution in [0.25, 0.3) is 0 Å². The molecule has 3 saturated heterocycles. The van der Waals surface area contributed by atoms with Crippen LogP contribution in [0.5, 0.6) is 0 Å². The van der Waals surface area contributed by atoms with Gasteiger partial charge in [0.05, 0.1) is 13.1 Å². The number of carbonyl (C=O) groups is 1. The van der Waals surface area contributed by atoms with E-state index in [1.165, 1.54) is 11.3 Å². The zero-order valence-corrected chi connectivity index (χ0v) is 11.4. The summed E-state index contributed by atoms with van der Waals surface area (Å²) >= 11 is 0. The highest BCUT2D eigenvalue weighted by Crippen LogP contribution is 2.40. The summed E-state index contributed by atoms with van der Waals surface area (Å²) in [5.41, 5.74) is 0.233. The van der Waals surface area contributed by atoms with Gasteiger partial charge in [-0.3, -0.25) is 0 Å². The van der Waals surface area contributed by atoms with Crippen molar-refractivity contribution in [1.82, 2.24) is 14.7 Å². The maximum Gasteiger partial charge on any atom is 0.320 e. The topological polar surface area (TPSA) is 26.8 Å². The number of amides is 2. The lowest BCUT2D eigenvalue weighted by molar-refractivity contribution is -0.123. The second-order valence-electron chi connectivity index (χ2n) is 6.32. The number of alkyl halides is 2. The molecule has 0 unspecified atom stereocenters. The maximum absolute atomic E-state index is 12.8. The van der Waals surface area contributed by atoms with Crippen LogP contribution < -0.4 is 0 Å². The first kappa shape index (κ1) is 13.1. The van der Waals surface area contributed by atoms with E-state index in [2.05, 4.69) is 11.8 Å². The fourth-order valence-electron chi connectivity index (χ4n) is 3.58. The Morgan fingerprint density at radius 2 is 1.74 bits per heavy atom. The Morgan fingerprint density at radius 1 is 1.11 bits per heavy atom. The molecule has 3 rings (SSSR count). The third-order valence-electron chi connectivity index (χ3n) is 4.63. The van der Waals surface area contributed by atoms with E-state index in [1.807, 2.05) is 0 Å². The van der Waals surface area contributed by atoms with Gasteiger partial charge in [-0.25, -0.2) is 13.6 Å². The van der Waals surface area contributed by atoms with Gasteiger partial charge in [0.15, 0.2) is 0 Å². The number of nitrogens with zero attached hydrogens (tertiary/aromatic N) is 3. The molecule has 2 amide bonds. The fraction of sp³-hybridized carbons (Fsp3) is 0.923. The van der Waals surface area contributed by atoms with Crippen molar-refractivity contribution < 1.29 is 13.6 Å². The summed E-state index contributed by atoms with van der Waals surface area (Å²) in [7, 11) is 0. The first-order valence-electron chi connectivity index (χ1n) is 7.07. The van der Waals surface area contributed by atoms with Crippen molar-refractivity contribution in [3.8, 4) is 0 Å². The highest BCUT2D eigenvalue weighted by Gasteiger charge is 2.52. The Bertz CT molecular complexity index is 374. The molecule has 3 aliphatic heterocycles. The first-order valence-corrected chi connectivity index (χ1v) is 7.07. The molecule has 3 fully saturated rings. The lowest BCUT2D eigenvalue weighted by Crippen LogP contribution is -2.69. The van der Waals surface area contributed by atoms with Crippen LogP contribution in [0.3, 0.4) is 0 Å². The summed E-state index contributed by atoms with van der Waals surface area (Å²) in [6.07, 6.45) is 2.33. The molecule has 4 nitrogen and oxygen atoms in total. The molecule has 0 atom stereocenters. The minimum atomic E-state index is -2.66. The van der Waals surface area contributed by atoms with E-state index in [-0.39, 0.29) is 11.4 Å². The van der Waals surface area contributed by atoms with Crippen molar-refractivity contribution in [2.24, 2.45) is 5.41 Å². The summed E-state index contributed by atoms with van der Waals surface area (Å²) in [6, 6.07) is -0.204. The monoisotopic (exact) mass is 273 g/mol. The van der Waals surface area contributed by atoms with Gasteiger partial charge in [0.2, 0.25) is 0 Å². The average Bonchev–Trinajstić information content (AvgIpc) is 2.32. The van der Waals surface area contributed by atoms with E-state index in [0.29, 0.717) is 0 Å². The van der Waals surface area contributed by atoms with Crippen molar-refractivity contribution in [3.05, 3.63) is 0 Å². The van der Waals surface area contributed by atoms with Gasteiger partial charge in [0, 0.05) is 25.0 Å². The van der Waals surface area contributed by atoms with Crippen LogP contribution in [-0.2, 0) is 0 Å². The number of likely N-dealkylation sites (tertiary alicyclic amines) is 3. The minimum Gasteiger partial charge on any atom is -0.323 e. The van der Waals surface area contributed by atoms with Crippen LogP contribution >= 0.6 is 0 Å². The van der Waals surface area contributed by atoms with Crippen LogP contribution in [0.1, 0.15) is 19.8 Å². The predicted octanol–water partition coefficient (Wildman–Crippen LogP) is 1.48. The number of piperidine rings is 1. The highest BCUT2D eigenvalue weighted by atomic mass is 19.3. The second kappa shape index (κ2) is 4.30. The Hall–Kier alpha value is -0.910. The Labute approximate surface area is 112 Å². The van der Waals surface area contributed by atoms with Crippen LogP contribution in [-0.4, -0.2) is 72.5 Å². The predicted molar refractivity (Wildman–Crippen MR) is 67.3 cm³/mol. The molecule has 0 aromatic rings. The number of hydrogen-bond acceptors (Lipinski definition) is 2. The quantitative estimate of drug-likeness (QED) is 0.723. The normalized spacial score (nSPS) is 29.0. The molecule has 0 aromatic carbocycles. The standard InChI is InChI=1S/C13H21F2N3O/c1-2-16-5-3-4-12(6-16)7-17(8-12)11(19)18-9-13(14,15)10-18/h2-10H2,1H3. The van der Waals surface area contributed by atoms with E-state index in [0.717, 1.165) is 39.1 Å². The molecule has 3 aliphatic rings. The number of rotatable bonds is 1. The van der Waals surface area contributed by atoms with Crippen LogP contribution in [0.2, 0.25) is 0 Å². The van der Waals surface area contributed by atoms with Crippen LogP contribution in [0.4, 0.5) is 13.6 Å². The summed E-state index contributed by atoms with van der Waals surface area (Å²) < 4.78 is 25.5. The largest absolute Gasteiger partial charge is 0.323 e. The maximum atomic E-state index is 12.8. The molecule has 6 heteroatoms. The number of urea groups is 1. The first-order chi connectivity index (χ1) is 8.93. The van der Waals surface area contributed by atoms with Gasteiger partial charge in [-0.15, -0.1) is 0 Å². The Morgan fingerprint density at radius 3 is 2.32 bits per heavy atom.